The van der Waals surface area contributed by atoms with Crippen LogP contribution < -0.4 is 5.32 Å². The summed E-state index contributed by atoms with van der Waals surface area (Å²) in [5, 5.41) is 21.8. The van der Waals surface area contributed by atoms with Gasteiger partial charge in [-0.2, -0.15) is 0 Å². The smallest absolute Gasteiger partial charge is 0.130 e. The van der Waals surface area contributed by atoms with Crippen molar-refractivity contribution in [3.8, 4) is 0 Å². The van der Waals surface area contributed by atoms with Gasteiger partial charge in [-0.3, -0.25) is 0 Å². The van der Waals surface area contributed by atoms with Gasteiger partial charge in [0.1, 0.15) is 11.6 Å². The number of aliphatic hydroxyl groups is 2. The highest BCUT2D eigenvalue weighted by molar-refractivity contribution is 5.18. The normalized spacial score (nSPS) is 27.7. The average Bonchev–Trinajstić information content (AvgIpc) is 2.69. The molecule has 0 heterocycles. The van der Waals surface area contributed by atoms with Crippen molar-refractivity contribution in [1.82, 2.24) is 5.32 Å². The molecule has 0 saturated heterocycles. The van der Waals surface area contributed by atoms with Crippen LogP contribution in [-0.4, -0.2) is 29.0 Å². The first kappa shape index (κ1) is 13.4. The molecule has 1 fully saturated rings. The first-order valence-electron chi connectivity index (χ1n) is 6.06. The van der Waals surface area contributed by atoms with Crippen molar-refractivity contribution >= 4 is 0 Å². The predicted molar refractivity (Wildman–Crippen MR) is 62.8 cm³/mol. The summed E-state index contributed by atoms with van der Waals surface area (Å²) in [6, 6.07) is 3.55. The number of hydrogen-bond donors (Lipinski definition) is 3. The Morgan fingerprint density at radius 2 is 2.06 bits per heavy atom. The van der Waals surface area contributed by atoms with Gasteiger partial charge in [0.25, 0.3) is 0 Å². The molecule has 3 atom stereocenters. The molecule has 0 unspecified atom stereocenters. The van der Waals surface area contributed by atoms with E-state index < -0.39 is 17.7 Å². The number of halogens is 2. The summed E-state index contributed by atoms with van der Waals surface area (Å²) in [4.78, 5) is 0. The van der Waals surface area contributed by atoms with E-state index >= 15 is 0 Å². The van der Waals surface area contributed by atoms with Gasteiger partial charge in [0.15, 0.2) is 0 Å². The number of nitrogens with one attached hydrogen (secondary N) is 1. The second-order valence-electron chi connectivity index (χ2n) is 4.79. The van der Waals surface area contributed by atoms with E-state index in [0.29, 0.717) is 24.9 Å². The van der Waals surface area contributed by atoms with Crippen LogP contribution in [0, 0.1) is 17.6 Å². The molecule has 1 aliphatic carbocycles. The van der Waals surface area contributed by atoms with Gasteiger partial charge < -0.3 is 15.5 Å². The quantitative estimate of drug-likeness (QED) is 0.759. The Balaban J connectivity index is 1.89. The molecular formula is C13H17F2NO2. The molecule has 1 aliphatic rings. The molecule has 0 aromatic heterocycles. The monoisotopic (exact) mass is 257 g/mol. The van der Waals surface area contributed by atoms with Gasteiger partial charge in [0, 0.05) is 36.7 Å². The lowest BCUT2D eigenvalue weighted by Gasteiger charge is -2.12. The minimum atomic E-state index is -0.590. The molecule has 0 aliphatic heterocycles. The second kappa shape index (κ2) is 5.73. The van der Waals surface area contributed by atoms with E-state index in [1.54, 1.807) is 0 Å². The van der Waals surface area contributed by atoms with Crippen molar-refractivity contribution < 1.29 is 19.0 Å². The van der Waals surface area contributed by atoms with E-state index in [0.717, 1.165) is 6.07 Å². The fourth-order valence-electron chi connectivity index (χ4n) is 2.38. The molecule has 5 heteroatoms. The van der Waals surface area contributed by atoms with Gasteiger partial charge in [-0.05, 0) is 18.9 Å². The van der Waals surface area contributed by atoms with Crippen LogP contribution >= 0.6 is 0 Å². The van der Waals surface area contributed by atoms with Crippen molar-refractivity contribution in [3.63, 3.8) is 0 Å². The van der Waals surface area contributed by atoms with E-state index in [4.69, 9.17) is 5.11 Å². The van der Waals surface area contributed by atoms with Crippen LogP contribution in [0.4, 0.5) is 8.78 Å². The maximum absolute atomic E-state index is 13.4. The van der Waals surface area contributed by atoms with Crippen LogP contribution in [-0.2, 0) is 6.54 Å². The van der Waals surface area contributed by atoms with Crippen molar-refractivity contribution in [2.45, 2.75) is 31.5 Å². The molecule has 2 rings (SSSR count). The van der Waals surface area contributed by atoms with Crippen LogP contribution in [0.1, 0.15) is 18.4 Å². The maximum Gasteiger partial charge on any atom is 0.130 e. The zero-order chi connectivity index (χ0) is 13.1. The SMILES string of the molecule is OC[C@H]1C[C@@H](NCc2ccc(F)cc2F)C[C@H]1O. The highest BCUT2D eigenvalue weighted by Gasteiger charge is 2.31. The third kappa shape index (κ3) is 3.04. The molecule has 18 heavy (non-hydrogen) atoms. The topological polar surface area (TPSA) is 52.5 Å². The number of benzene rings is 1. The van der Waals surface area contributed by atoms with Gasteiger partial charge in [0.05, 0.1) is 6.10 Å². The number of hydrogen-bond acceptors (Lipinski definition) is 3. The molecule has 0 bridgehead atoms. The average molecular weight is 257 g/mol. The second-order valence-corrected chi connectivity index (χ2v) is 4.79. The largest absolute Gasteiger partial charge is 0.396 e. The van der Waals surface area contributed by atoms with Gasteiger partial charge in [-0.25, -0.2) is 8.78 Å². The fraction of sp³-hybridized carbons (Fsp3) is 0.538. The van der Waals surface area contributed by atoms with Crippen molar-refractivity contribution in [3.05, 3.63) is 35.4 Å². The first-order chi connectivity index (χ1) is 8.60. The Morgan fingerprint density at radius 3 is 2.67 bits per heavy atom. The van der Waals surface area contributed by atoms with Crippen LogP contribution in [0.2, 0.25) is 0 Å². The Labute approximate surface area is 104 Å². The third-order valence-corrected chi connectivity index (χ3v) is 3.49. The fourth-order valence-corrected chi connectivity index (χ4v) is 2.38. The molecule has 3 N–H and O–H groups in total. The summed E-state index contributed by atoms with van der Waals surface area (Å²) < 4.78 is 26.1. The zero-order valence-corrected chi connectivity index (χ0v) is 9.94. The van der Waals surface area contributed by atoms with Gasteiger partial charge in [0.2, 0.25) is 0 Å². The number of aliphatic hydroxyl groups excluding tert-OH is 2. The zero-order valence-electron chi connectivity index (χ0n) is 9.94. The van der Waals surface area contributed by atoms with Gasteiger partial charge in [-0.15, -0.1) is 0 Å². The third-order valence-electron chi connectivity index (χ3n) is 3.49. The molecular weight excluding hydrogens is 240 g/mol. The number of rotatable bonds is 4. The molecule has 100 valence electrons. The van der Waals surface area contributed by atoms with E-state index in [1.165, 1.54) is 12.1 Å². The van der Waals surface area contributed by atoms with Crippen LogP contribution in [0.15, 0.2) is 18.2 Å². The van der Waals surface area contributed by atoms with E-state index in [-0.39, 0.29) is 18.6 Å². The summed E-state index contributed by atoms with van der Waals surface area (Å²) >= 11 is 0. The first-order valence-corrected chi connectivity index (χ1v) is 6.06. The summed E-state index contributed by atoms with van der Waals surface area (Å²) in [5.41, 5.74) is 0.401. The molecule has 0 radical (unpaired) electrons. The minimum Gasteiger partial charge on any atom is -0.396 e. The molecule has 1 saturated carbocycles. The Hall–Kier alpha value is -1.04. The maximum atomic E-state index is 13.4. The Bertz CT molecular complexity index is 414. The van der Waals surface area contributed by atoms with E-state index in [2.05, 4.69) is 5.32 Å². The lowest BCUT2D eigenvalue weighted by atomic mass is 10.1. The van der Waals surface area contributed by atoms with Crippen molar-refractivity contribution in [2.75, 3.05) is 6.61 Å². The van der Waals surface area contributed by atoms with Gasteiger partial charge >= 0.3 is 0 Å². The Kier molecular flexibility index (Phi) is 4.27. The highest BCUT2D eigenvalue weighted by Crippen LogP contribution is 2.26. The van der Waals surface area contributed by atoms with Crippen molar-refractivity contribution in [2.24, 2.45) is 5.92 Å². The molecule has 3 nitrogen and oxygen atoms in total. The van der Waals surface area contributed by atoms with Crippen LogP contribution in [0.25, 0.3) is 0 Å². The summed E-state index contributed by atoms with van der Waals surface area (Å²) in [7, 11) is 0. The van der Waals surface area contributed by atoms with E-state index in [9.17, 15) is 13.9 Å². The van der Waals surface area contributed by atoms with Crippen LogP contribution in [0.5, 0.6) is 0 Å². The summed E-state index contributed by atoms with van der Waals surface area (Å²) in [6.07, 6.45) is 0.708. The van der Waals surface area contributed by atoms with Gasteiger partial charge in [-0.1, -0.05) is 6.07 Å². The summed E-state index contributed by atoms with van der Waals surface area (Å²) in [5.74, 6) is -1.27. The highest BCUT2D eigenvalue weighted by atomic mass is 19.1. The Morgan fingerprint density at radius 1 is 1.28 bits per heavy atom. The molecule has 0 amide bonds. The molecule has 1 aromatic carbocycles. The van der Waals surface area contributed by atoms with Crippen LogP contribution in [0.3, 0.4) is 0 Å². The van der Waals surface area contributed by atoms with Crippen molar-refractivity contribution in [1.29, 1.82) is 0 Å². The predicted octanol–water partition coefficient (Wildman–Crippen LogP) is 1.19. The summed E-state index contributed by atoms with van der Waals surface area (Å²) in [6.45, 7) is 0.256. The lowest BCUT2D eigenvalue weighted by Crippen LogP contribution is -2.27. The minimum absolute atomic E-state index is 0.0374. The van der Waals surface area contributed by atoms with E-state index in [1.807, 2.05) is 0 Å². The lowest BCUT2D eigenvalue weighted by molar-refractivity contribution is 0.0907. The molecule has 1 aromatic rings. The molecule has 0 spiro atoms. The standard InChI is InChI=1S/C13H17F2NO2/c14-10-2-1-8(12(15)4-10)6-16-11-3-9(7-17)13(18)5-11/h1-2,4,9,11,13,16-18H,3,5-7H2/t9-,11-,13-/m1/s1.